The summed E-state index contributed by atoms with van der Waals surface area (Å²) in [5.41, 5.74) is 6.82. The van der Waals surface area contributed by atoms with E-state index in [4.69, 9.17) is 22.7 Å². The topological polar surface area (TPSA) is 127 Å². The second-order valence-corrected chi connectivity index (χ2v) is 5.52. The van der Waals surface area contributed by atoms with Crippen molar-refractivity contribution in [3.63, 3.8) is 0 Å². The number of hydroxylamine groups is 1. The van der Waals surface area contributed by atoms with Gasteiger partial charge >= 0.3 is 0 Å². The van der Waals surface area contributed by atoms with Gasteiger partial charge in [0.2, 0.25) is 5.95 Å². The molecule has 0 amide bonds. The number of H-pyrrole nitrogens is 1. The number of benzene rings is 1. The van der Waals surface area contributed by atoms with E-state index < -0.39 is 5.82 Å². The molecule has 0 bridgehead atoms. The lowest BCUT2D eigenvalue weighted by molar-refractivity contribution is 0.312. The van der Waals surface area contributed by atoms with Gasteiger partial charge < -0.3 is 16.0 Å². The maximum absolute atomic E-state index is 13.3. The number of rotatable bonds is 5. The quantitative estimate of drug-likeness (QED) is 0.269. The van der Waals surface area contributed by atoms with Crippen LogP contribution >= 0.6 is 11.6 Å². The van der Waals surface area contributed by atoms with Gasteiger partial charge in [-0.25, -0.2) is 14.4 Å². The lowest BCUT2D eigenvalue weighted by atomic mass is 10.2. The molecule has 3 rings (SSSR count). The third-order valence-electron chi connectivity index (χ3n) is 3.44. The number of nitrogens with zero attached hydrogens (tertiary/aromatic N) is 3. The van der Waals surface area contributed by atoms with Gasteiger partial charge in [-0.1, -0.05) is 11.6 Å². The van der Waals surface area contributed by atoms with E-state index in [1.165, 1.54) is 18.3 Å². The fourth-order valence-corrected chi connectivity index (χ4v) is 2.42. The summed E-state index contributed by atoms with van der Waals surface area (Å²) in [6.45, 7) is 0.954. The summed E-state index contributed by atoms with van der Waals surface area (Å²) < 4.78 is 13.3. The largest absolute Gasteiger partial charge is 0.354 e. The standard InChI is InChI=1S/C15H15ClFN7O/c16-10-7-8(1-2-11(10)17)24(25)13(19)9-3-5-20-14-12(9)22-15(23-14)21-6-4-18/h1-3,5,7,19,25H,4,6,18H2,(H2,20,21,22,23). The van der Waals surface area contributed by atoms with Gasteiger partial charge in [-0.15, -0.1) is 0 Å². The number of nitrogens with two attached hydrogens (primary N) is 1. The molecule has 2 heterocycles. The van der Waals surface area contributed by atoms with Crippen LogP contribution in [0.5, 0.6) is 0 Å². The van der Waals surface area contributed by atoms with Crippen LogP contribution in [-0.2, 0) is 0 Å². The average molecular weight is 364 g/mol. The number of imidazole rings is 1. The molecule has 0 saturated carbocycles. The molecule has 3 aromatic rings. The van der Waals surface area contributed by atoms with E-state index in [0.717, 1.165) is 6.07 Å². The molecule has 10 heteroatoms. The molecule has 0 aliphatic heterocycles. The zero-order valence-electron chi connectivity index (χ0n) is 12.9. The second kappa shape index (κ2) is 7.01. The molecule has 0 aliphatic carbocycles. The Kier molecular flexibility index (Phi) is 4.79. The van der Waals surface area contributed by atoms with Crippen LogP contribution in [0.2, 0.25) is 5.02 Å². The second-order valence-electron chi connectivity index (χ2n) is 5.12. The fourth-order valence-electron chi connectivity index (χ4n) is 2.24. The normalized spacial score (nSPS) is 10.9. The van der Waals surface area contributed by atoms with Gasteiger partial charge in [0.25, 0.3) is 0 Å². The molecule has 0 spiro atoms. The highest BCUT2D eigenvalue weighted by molar-refractivity contribution is 6.31. The number of fused-ring (bicyclic) bond motifs is 1. The van der Waals surface area contributed by atoms with Crippen molar-refractivity contribution in [2.24, 2.45) is 5.73 Å². The Balaban J connectivity index is 1.95. The smallest absolute Gasteiger partial charge is 0.202 e. The molecule has 1 aromatic carbocycles. The highest BCUT2D eigenvalue weighted by atomic mass is 35.5. The first kappa shape index (κ1) is 17.1. The number of anilines is 2. The van der Waals surface area contributed by atoms with E-state index in [1.807, 2.05) is 0 Å². The van der Waals surface area contributed by atoms with E-state index in [0.29, 0.717) is 40.8 Å². The summed E-state index contributed by atoms with van der Waals surface area (Å²) in [4.78, 5) is 11.4. The maximum atomic E-state index is 13.3. The molecule has 130 valence electrons. The summed E-state index contributed by atoms with van der Waals surface area (Å²) in [5, 5.41) is 22.0. The minimum atomic E-state index is -0.610. The fraction of sp³-hybridized carbons (Fsp3) is 0.133. The zero-order valence-corrected chi connectivity index (χ0v) is 13.7. The Morgan fingerprint density at radius 1 is 1.44 bits per heavy atom. The molecule has 0 atom stereocenters. The predicted octanol–water partition coefficient (Wildman–Crippen LogP) is 2.34. The number of nitrogens with one attached hydrogen (secondary N) is 3. The Morgan fingerprint density at radius 2 is 2.24 bits per heavy atom. The van der Waals surface area contributed by atoms with Crippen molar-refractivity contribution in [2.45, 2.75) is 0 Å². The van der Waals surface area contributed by atoms with Gasteiger partial charge in [0.1, 0.15) is 5.82 Å². The van der Waals surface area contributed by atoms with Crippen LogP contribution in [0, 0.1) is 11.2 Å². The van der Waals surface area contributed by atoms with E-state index in [9.17, 15) is 9.60 Å². The summed E-state index contributed by atoms with van der Waals surface area (Å²) in [6.07, 6.45) is 1.48. The summed E-state index contributed by atoms with van der Waals surface area (Å²) >= 11 is 5.73. The Bertz CT molecular complexity index is 929. The first-order chi connectivity index (χ1) is 12.0. The van der Waals surface area contributed by atoms with Gasteiger partial charge in [-0.05, 0) is 24.3 Å². The zero-order chi connectivity index (χ0) is 18.0. The van der Waals surface area contributed by atoms with Gasteiger partial charge in [0, 0.05) is 24.8 Å². The Morgan fingerprint density at radius 3 is 2.96 bits per heavy atom. The minimum absolute atomic E-state index is 0.154. The number of aromatic amines is 1. The number of pyridine rings is 1. The highest BCUT2D eigenvalue weighted by Crippen LogP contribution is 2.24. The minimum Gasteiger partial charge on any atom is -0.354 e. The summed E-state index contributed by atoms with van der Waals surface area (Å²) in [7, 11) is 0. The first-order valence-electron chi connectivity index (χ1n) is 7.33. The van der Waals surface area contributed by atoms with Crippen molar-refractivity contribution in [2.75, 3.05) is 23.5 Å². The molecule has 0 aliphatic rings. The van der Waals surface area contributed by atoms with Crippen molar-refractivity contribution >= 4 is 40.2 Å². The lowest BCUT2D eigenvalue weighted by Crippen LogP contribution is -2.27. The Hall–Kier alpha value is -2.75. The van der Waals surface area contributed by atoms with Crippen molar-refractivity contribution in [1.29, 1.82) is 5.41 Å². The monoisotopic (exact) mass is 363 g/mol. The van der Waals surface area contributed by atoms with Gasteiger partial charge in [0.15, 0.2) is 11.5 Å². The molecular weight excluding hydrogens is 349 g/mol. The van der Waals surface area contributed by atoms with Crippen LogP contribution in [0.15, 0.2) is 30.5 Å². The van der Waals surface area contributed by atoms with Gasteiger partial charge in [-0.3, -0.25) is 10.6 Å². The van der Waals surface area contributed by atoms with Gasteiger partial charge in [0.05, 0.1) is 16.2 Å². The number of halogens is 2. The van der Waals surface area contributed by atoms with Crippen LogP contribution in [0.3, 0.4) is 0 Å². The molecule has 6 N–H and O–H groups in total. The van der Waals surface area contributed by atoms with Crippen molar-refractivity contribution < 1.29 is 9.60 Å². The summed E-state index contributed by atoms with van der Waals surface area (Å²) in [6, 6.07) is 5.21. The van der Waals surface area contributed by atoms with Crippen LogP contribution in [0.4, 0.5) is 16.0 Å². The third kappa shape index (κ3) is 3.38. The average Bonchev–Trinajstić information content (AvgIpc) is 3.04. The van der Waals surface area contributed by atoms with Gasteiger partial charge in [-0.2, -0.15) is 4.98 Å². The predicted molar refractivity (Wildman–Crippen MR) is 93.9 cm³/mol. The number of amidine groups is 1. The Labute approximate surface area is 146 Å². The summed E-state index contributed by atoms with van der Waals surface area (Å²) in [5.74, 6) is -0.396. The van der Waals surface area contributed by atoms with Crippen LogP contribution in [-0.4, -0.2) is 39.1 Å². The van der Waals surface area contributed by atoms with Crippen LogP contribution in [0.1, 0.15) is 5.56 Å². The SMILES string of the molecule is N=C(c1ccnc2nc(NCCN)[nH]c12)N(O)c1ccc(F)c(Cl)c1. The molecular formula is C15H15ClFN7O. The van der Waals surface area contributed by atoms with Crippen LogP contribution < -0.4 is 16.1 Å². The molecule has 0 radical (unpaired) electrons. The van der Waals surface area contributed by atoms with E-state index in [1.54, 1.807) is 6.07 Å². The van der Waals surface area contributed by atoms with E-state index >= 15 is 0 Å². The number of hydrogen-bond donors (Lipinski definition) is 5. The highest BCUT2D eigenvalue weighted by Gasteiger charge is 2.18. The maximum Gasteiger partial charge on any atom is 0.202 e. The molecule has 25 heavy (non-hydrogen) atoms. The molecule has 0 fully saturated rings. The third-order valence-corrected chi connectivity index (χ3v) is 3.73. The van der Waals surface area contributed by atoms with Crippen molar-refractivity contribution in [1.82, 2.24) is 15.0 Å². The number of aromatic nitrogens is 3. The van der Waals surface area contributed by atoms with Crippen LogP contribution in [0.25, 0.3) is 11.2 Å². The lowest BCUT2D eigenvalue weighted by Gasteiger charge is -2.18. The van der Waals surface area contributed by atoms with Crippen molar-refractivity contribution in [3.8, 4) is 0 Å². The molecule has 2 aromatic heterocycles. The van der Waals surface area contributed by atoms with Crippen molar-refractivity contribution in [3.05, 3.63) is 46.9 Å². The first-order valence-corrected chi connectivity index (χ1v) is 7.70. The molecule has 0 saturated heterocycles. The van der Waals surface area contributed by atoms with E-state index in [-0.39, 0.29) is 16.5 Å². The van der Waals surface area contributed by atoms with E-state index in [2.05, 4.69) is 20.3 Å². The number of hydrogen-bond acceptors (Lipinski definition) is 6. The molecule has 8 nitrogen and oxygen atoms in total. The molecule has 0 unspecified atom stereocenters.